The molecular formula is C5H7NO2S. The normalized spacial score (nSPS) is 23.8. The Hall–Kier alpha value is -0.640. The van der Waals surface area contributed by atoms with Gasteiger partial charge in [-0.25, -0.2) is 0 Å². The van der Waals surface area contributed by atoms with E-state index in [4.69, 9.17) is 5.11 Å². The van der Waals surface area contributed by atoms with Crippen LogP contribution in [0.1, 0.15) is 6.42 Å². The van der Waals surface area contributed by atoms with E-state index < -0.39 is 5.97 Å². The second kappa shape index (κ2) is 2.77. The number of hydrogen-bond acceptors (Lipinski definition) is 3. The molecule has 2 N–H and O–H groups in total. The summed E-state index contributed by atoms with van der Waals surface area (Å²) >= 11 is 1.50. The van der Waals surface area contributed by atoms with Crippen LogP contribution in [0.5, 0.6) is 0 Å². The number of thioether (sulfide) groups is 1. The lowest BCUT2D eigenvalue weighted by atomic mass is 10.4. The highest BCUT2D eigenvalue weighted by molar-refractivity contribution is 8.02. The molecule has 0 aromatic carbocycles. The summed E-state index contributed by atoms with van der Waals surface area (Å²) in [4.78, 5) is 10.1. The smallest absolute Gasteiger partial charge is 0.306 e. The van der Waals surface area contributed by atoms with Crippen molar-refractivity contribution in [3.8, 4) is 0 Å². The average Bonchev–Trinajstić information content (AvgIpc) is 2.15. The molecule has 0 radical (unpaired) electrons. The first kappa shape index (κ1) is 6.48. The molecule has 50 valence electrons. The topological polar surface area (TPSA) is 49.3 Å². The van der Waals surface area contributed by atoms with E-state index in [-0.39, 0.29) is 11.8 Å². The van der Waals surface area contributed by atoms with Gasteiger partial charge in [0, 0.05) is 6.20 Å². The van der Waals surface area contributed by atoms with Crippen LogP contribution in [0, 0.1) is 0 Å². The van der Waals surface area contributed by atoms with Crippen LogP contribution in [0.2, 0.25) is 0 Å². The van der Waals surface area contributed by atoms with Gasteiger partial charge in [-0.1, -0.05) is 0 Å². The summed E-state index contributed by atoms with van der Waals surface area (Å²) in [6, 6.07) is 0. The van der Waals surface area contributed by atoms with Crippen LogP contribution in [0.3, 0.4) is 0 Å². The van der Waals surface area contributed by atoms with Gasteiger partial charge in [0.2, 0.25) is 0 Å². The zero-order chi connectivity index (χ0) is 6.69. The summed E-state index contributed by atoms with van der Waals surface area (Å²) in [5.74, 6) is -0.760. The molecule has 0 fully saturated rings. The molecule has 1 rings (SSSR count). The summed E-state index contributed by atoms with van der Waals surface area (Å²) < 4.78 is 0. The standard InChI is InChI=1S/C5H7NO2S/c7-5(8)3-4-6-1-2-9-4/h1-2,4,6H,3H2,(H,7,8). The van der Waals surface area contributed by atoms with Crippen molar-refractivity contribution >= 4 is 17.7 Å². The monoisotopic (exact) mass is 145 g/mol. The first-order valence-electron chi connectivity index (χ1n) is 2.57. The van der Waals surface area contributed by atoms with E-state index in [1.54, 1.807) is 6.20 Å². The van der Waals surface area contributed by atoms with Crippen molar-refractivity contribution < 1.29 is 9.90 Å². The summed E-state index contributed by atoms with van der Waals surface area (Å²) in [6.07, 6.45) is 1.94. The number of carboxylic acids is 1. The zero-order valence-electron chi connectivity index (χ0n) is 4.70. The molecule has 0 saturated heterocycles. The third-order valence-electron chi connectivity index (χ3n) is 0.953. The molecule has 0 amide bonds. The van der Waals surface area contributed by atoms with E-state index >= 15 is 0 Å². The fraction of sp³-hybridized carbons (Fsp3) is 0.400. The molecule has 4 heteroatoms. The molecule has 0 bridgehead atoms. The third-order valence-corrected chi connectivity index (χ3v) is 1.88. The number of carbonyl (C=O) groups is 1. The summed E-state index contributed by atoms with van der Waals surface area (Å²) in [7, 11) is 0. The molecule has 1 unspecified atom stereocenters. The van der Waals surface area contributed by atoms with Crippen molar-refractivity contribution in [1.29, 1.82) is 0 Å². The Morgan fingerprint density at radius 3 is 3.11 bits per heavy atom. The second-order valence-electron chi connectivity index (χ2n) is 1.69. The minimum atomic E-state index is -0.760. The highest BCUT2D eigenvalue weighted by atomic mass is 32.2. The number of aliphatic carboxylic acids is 1. The maximum Gasteiger partial charge on any atom is 0.306 e. The Labute approximate surface area is 57.1 Å². The van der Waals surface area contributed by atoms with Crippen LogP contribution in [0.4, 0.5) is 0 Å². The molecule has 1 aliphatic rings. The lowest BCUT2D eigenvalue weighted by molar-refractivity contribution is -0.137. The van der Waals surface area contributed by atoms with Gasteiger partial charge in [0.05, 0.1) is 11.8 Å². The van der Waals surface area contributed by atoms with Crippen LogP contribution in [-0.4, -0.2) is 16.4 Å². The molecule has 1 aliphatic heterocycles. The molecule has 0 aromatic rings. The van der Waals surface area contributed by atoms with E-state index in [0.717, 1.165) is 0 Å². The molecule has 9 heavy (non-hydrogen) atoms. The van der Waals surface area contributed by atoms with E-state index in [1.165, 1.54) is 11.8 Å². The van der Waals surface area contributed by atoms with Crippen molar-refractivity contribution in [3.63, 3.8) is 0 Å². The third kappa shape index (κ3) is 1.97. The molecule has 1 atom stereocenters. The predicted octanol–water partition coefficient (Wildman–Crippen LogP) is 0.595. The lowest BCUT2D eigenvalue weighted by Crippen LogP contribution is -2.19. The van der Waals surface area contributed by atoms with Gasteiger partial charge in [-0.2, -0.15) is 0 Å². The Kier molecular flexibility index (Phi) is 2.00. The largest absolute Gasteiger partial charge is 0.481 e. The lowest BCUT2D eigenvalue weighted by Gasteiger charge is -2.04. The van der Waals surface area contributed by atoms with E-state index in [1.807, 2.05) is 5.41 Å². The number of rotatable bonds is 2. The average molecular weight is 145 g/mol. The van der Waals surface area contributed by atoms with Crippen LogP contribution in [-0.2, 0) is 4.79 Å². The summed E-state index contributed by atoms with van der Waals surface area (Å²) in [5.41, 5.74) is 0. The molecule has 0 saturated carbocycles. The Balaban J connectivity index is 2.22. The van der Waals surface area contributed by atoms with Gasteiger partial charge >= 0.3 is 5.97 Å². The van der Waals surface area contributed by atoms with Crippen molar-refractivity contribution in [2.45, 2.75) is 11.8 Å². The second-order valence-corrected chi connectivity index (χ2v) is 2.81. The maximum absolute atomic E-state index is 10.1. The highest BCUT2D eigenvalue weighted by Crippen LogP contribution is 2.17. The first-order chi connectivity index (χ1) is 4.29. The van der Waals surface area contributed by atoms with Crippen molar-refractivity contribution in [2.75, 3.05) is 0 Å². The van der Waals surface area contributed by atoms with Crippen molar-refractivity contribution in [1.82, 2.24) is 5.32 Å². The van der Waals surface area contributed by atoms with Crippen LogP contribution >= 0.6 is 11.8 Å². The van der Waals surface area contributed by atoms with Crippen LogP contribution < -0.4 is 5.32 Å². The first-order valence-corrected chi connectivity index (χ1v) is 3.51. The predicted molar refractivity (Wildman–Crippen MR) is 35.9 cm³/mol. The van der Waals surface area contributed by atoms with Gasteiger partial charge in [-0.15, -0.1) is 11.8 Å². The summed E-state index contributed by atoms with van der Waals surface area (Å²) in [5, 5.41) is 13.1. The minimum absolute atomic E-state index is 0.0440. The van der Waals surface area contributed by atoms with Crippen molar-refractivity contribution in [3.05, 3.63) is 11.6 Å². The SMILES string of the molecule is O=C(O)CC1NC=CS1. The molecular weight excluding hydrogens is 138 g/mol. The number of nitrogens with one attached hydrogen (secondary N) is 1. The van der Waals surface area contributed by atoms with Gasteiger partial charge in [0.15, 0.2) is 0 Å². The van der Waals surface area contributed by atoms with Gasteiger partial charge in [0.1, 0.15) is 0 Å². The molecule has 3 nitrogen and oxygen atoms in total. The molecule has 0 aliphatic carbocycles. The fourth-order valence-electron chi connectivity index (χ4n) is 0.586. The van der Waals surface area contributed by atoms with Gasteiger partial charge in [0.25, 0.3) is 0 Å². The van der Waals surface area contributed by atoms with Gasteiger partial charge in [-0.05, 0) is 5.41 Å². The zero-order valence-corrected chi connectivity index (χ0v) is 5.52. The van der Waals surface area contributed by atoms with Gasteiger partial charge < -0.3 is 10.4 Å². The Morgan fingerprint density at radius 2 is 2.67 bits per heavy atom. The van der Waals surface area contributed by atoms with Crippen LogP contribution in [0.15, 0.2) is 11.6 Å². The maximum atomic E-state index is 10.1. The minimum Gasteiger partial charge on any atom is -0.481 e. The van der Waals surface area contributed by atoms with Crippen molar-refractivity contribution in [2.24, 2.45) is 0 Å². The molecule has 0 spiro atoms. The quantitative estimate of drug-likeness (QED) is 0.597. The Morgan fingerprint density at radius 1 is 1.89 bits per heavy atom. The number of hydrogen-bond donors (Lipinski definition) is 2. The van der Waals surface area contributed by atoms with Crippen LogP contribution in [0.25, 0.3) is 0 Å². The van der Waals surface area contributed by atoms with Gasteiger partial charge in [-0.3, -0.25) is 4.79 Å². The fourth-order valence-corrected chi connectivity index (χ4v) is 1.33. The Bertz CT molecular complexity index is 138. The highest BCUT2D eigenvalue weighted by Gasteiger charge is 2.12. The molecule has 1 heterocycles. The molecule has 0 aromatic heterocycles. The summed E-state index contributed by atoms with van der Waals surface area (Å²) in [6.45, 7) is 0. The van der Waals surface area contributed by atoms with E-state index in [0.29, 0.717) is 0 Å². The van der Waals surface area contributed by atoms with E-state index in [2.05, 4.69) is 5.32 Å². The van der Waals surface area contributed by atoms with E-state index in [9.17, 15) is 4.79 Å². The number of carboxylic acid groups (broad SMARTS) is 1.